The summed E-state index contributed by atoms with van der Waals surface area (Å²) in [6, 6.07) is 0. The summed E-state index contributed by atoms with van der Waals surface area (Å²) in [4.78, 5) is 25.1. The van der Waals surface area contributed by atoms with E-state index in [1.807, 2.05) is 11.9 Å². The van der Waals surface area contributed by atoms with E-state index >= 15 is 0 Å². The van der Waals surface area contributed by atoms with Gasteiger partial charge in [-0.2, -0.15) is 5.10 Å². The lowest BCUT2D eigenvalue weighted by Gasteiger charge is -2.40. The molecule has 2 aromatic heterocycles. The fraction of sp³-hybridized carbons (Fsp3) is 0.579. The molecule has 154 valence electrons. The Kier molecular flexibility index (Phi) is 4.50. The van der Waals surface area contributed by atoms with Crippen molar-refractivity contribution in [2.24, 2.45) is 12.0 Å². The smallest absolute Gasteiger partial charge is 0.291 e. The maximum absolute atomic E-state index is 12.7. The van der Waals surface area contributed by atoms with E-state index in [2.05, 4.69) is 31.0 Å². The third-order valence-electron chi connectivity index (χ3n) is 5.87. The third-order valence-corrected chi connectivity index (χ3v) is 6.76. The van der Waals surface area contributed by atoms with Crippen LogP contribution in [0.2, 0.25) is 0 Å². The van der Waals surface area contributed by atoms with E-state index in [1.165, 1.54) is 6.20 Å². The maximum atomic E-state index is 12.7. The van der Waals surface area contributed by atoms with Crippen molar-refractivity contribution in [3.05, 3.63) is 28.1 Å². The van der Waals surface area contributed by atoms with Crippen molar-refractivity contribution in [3.8, 4) is 0 Å². The van der Waals surface area contributed by atoms with E-state index in [0.717, 1.165) is 28.8 Å². The van der Waals surface area contributed by atoms with Gasteiger partial charge in [0.05, 0.1) is 24.7 Å². The van der Waals surface area contributed by atoms with E-state index in [4.69, 9.17) is 4.42 Å². The number of amides is 1. The molecule has 0 aromatic carbocycles. The standard InChI is InChI=1S/C19H23BrN6O3/c1-24-16(20)15-13(23-24)9-25(11-22-15)10-19(28)4-6-26(7-5-19)18(27)14-8-21-17(29-14)12-2-3-12/h8,11-12,28H,2-7,9-10H2,1H3. The molecule has 10 heteroatoms. The third kappa shape index (κ3) is 3.59. The van der Waals surface area contributed by atoms with Crippen molar-refractivity contribution in [3.63, 3.8) is 0 Å². The molecule has 0 atom stereocenters. The van der Waals surface area contributed by atoms with Gasteiger partial charge in [0.25, 0.3) is 5.91 Å². The number of fused-ring (bicyclic) bond motifs is 1. The Morgan fingerprint density at radius 3 is 2.86 bits per heavy atom. The van der Waals surface area contributed by atoms with Crippen LogP contribution in [-0.4, -0.2) is 67.2 Å². The van der Waals surface area contributed by atoms with E-state index in [0.29, 0.717) is 56.6 Å². The quantitative estimate of drug-likeness (QED) is 0.747. The fourth-order valence-electron chi connectivity index (χ4n) is 3.97. The Bertz CT molecular complexity index is 971. The predicted molar refractivity (Wildman–Crippen MR) is 108 cm³/mol. The molecule has 29 heavy (non-hydrogen) atoms. The summed E-state index contributed by atoms with van der Waals surface area (Å²) in [6.07, 6.45) is 6.47. The number of carbonyl (C=O) groups is 1. The number of hydrogen-bond acceptors (Lipinski definition) is 7. The topological polar surface area (TPSA) is 100.0 Å². The van der Waals surface area contributed by atoms with Gasteiger partial charge in [-0.25, -0.2) is 9.98 Å². The number of oxazole rings is 1. The zero-order chi connectivity index (χ0) is 20.2. The number of piperidine rings is 1. The predicted octanol–water partition coefficient (Wildman–Crippen LogP) is 2.19. The van der Waals surface area contributed by atoms with Crippen LogP contribution >= 0.6 is 15.9 Å². The van der Waals surface area contributed by atoms with Crippen molar-refractivity contribution in [2.75, 3.05) is 19.6 Å². The summed E-state index contributed by atoms with van der Waals surface area (Å²) in [6.45, 7) is 2.03. The second-order valence-corrected chi connectivity index (χ2v) is 8.96. The zero-order valence-corrected chi connectivity index (χ0v) is 17.8. The minimum Gasteiger partial charge on any atom is -0.435 e. The lowest BCUT2D eigenvalue weighted by atomic mass is 9.90. The molecule has 0 bridgehead atoms. The van der Waals surface area contributed by atoms with Gasteiger partial charge in [-0.05, 0) is 41.6 Å². The molecule has 3 aliphatic rings. The largest absolute Gasteiger partial charge is 0.435 e. The van der Waals surface area contributed by atoms with Gasteiger partial charge < -0.3 is 19.3 Å². The van der Waals surface area contributed by atoms with Crippen LogP contribution in [0, 0.1) is 0 Å². The van der Waals surface area contributed by atoms with Crippen LogP contribution in [0.5, 0.6) is 0 Å². The average molecular weight is 463 g/mol. The minimum atomic E-state index is -0.868. The van der Waals surface area contributed by atoms with Crippen molar-refractivity contribution in [2.45, 2.75) is 43.7 Å². The Labute approximate surface area is 176 Å². The monoisotopic (exact) mass is 462 g/mol. The highest BCUT2D eigenvalue weighted by Gasteiger charge is 2.37. The highest BCUT2D eigenvalue weighted by atomic mass is 79.9. The van der Waals surface area contributed by atoms with Crippen molar-refractivity contribution in [1.82, 2.24) is 24.6 Å². The Morgan fingerprint density at radius 2 is 2.14 bits per heavy atom. The second-order valence-electron chi connectivity index (χ2n) is 8.21. The van der Waals surface area contributed by atoms with Crippen molar-refractivity contribution in [1.29, 1.82) is 0 Å². The molecule has 1 aliphatic carbocycles. The molecule has 9 nitrogen and oxygen atoms in total. The summed E-state index contributed by atoms with van der Waals surface area (Å²) in [5, 5.41) is 15.5. The van der Waals surface area contributed by atoms with Gasteiger partial charge in [0.2, 0.25) is 5.76 Å². The van der Waals surface area contributed by atoms with Crippen LogP contribution < -0.4 is 0 Å². The van der Waals surface area contributed by atoms with Gasteiger partial charge in [0.1, 0.15) is 16.0 Å². The van der Waals surface area contributed by atoms with Crippen molar-refractivity contribution < 1.29 is 14.3 Å². The molecule has 2 fully saturated rings. The molecule has 0 unspecified atom stereocenters. The molecule has 0 spiro atoms. The number of aromatic nitrogens is 3. The molecular formula is C19H23BrN6O3. The van der Waals surface area contributed by atoms with Gasteiger partial charge in [-0.1, -0.05) is 0 Å². The number of nitrogens with zero attached hydrogens (tertiary/aromatic N) is 6. The number of rotatable bonds is 4. The first-order valence-electron chi connectivity index (χ1n) is 9.89. The molecule has 1 saturated carbocycles. The van der Waals surface area contributed by atoms with Gasteiger partial charge in [-0.3, -0.25) is 9.48 Å². The number of β-amino-alcohol motifs (C(OH)–C–C–N with tert-alkyl or cyclic N) is 1. The Morgan fingerprint density at radius 1 is 1.38 bits per heavy atom. The van der Waals surface area contributed by atoms with Gasteiger partial charge >= 0.3 is 0 Å². The molecule has 2 aromatic rings. The fourth-order valence-corrected chi connectivity index (χ4v) is 4.38. The maximum Gasteiger partial charge on any atom is 0.291 e. The van der Waals surface area contributed by atoms with Crippen LogP contribution in [-0.2, 0) is 13.6 Å². The van der Waals surface area contributed by atoms with Gasteiger partial charge in [0.15, 0.2) is 5.89 Å². The van der Waals surface area contributed by atoms with E-state index in [9.17, 15) is 9.90 Å². The number of carbonyl (C=O) groups excluding carboxylic acids is 1. The number of hydrogen-bond donors (Lipinski definition) is 1. The number of aryl methyl sites for hydroxylation is 1. The number of likely N-dealkylation sites (tertiary alicyclic amines) is 1. The van der Waals surface area contributed by atoms with Gasteiger partial charge in [0, 0.05) is 32.6 Å². The minimum absolute atomic E-state index is 0.144. The number of halogens is 1. The first kappa shape index (κ1) is 18.8. The molecule has 4 heterocycles. The number of aliphatic imine (C=N–C) groups is 1. The van der Waals surface area contributed by atoms with E-state index < -0.39 is 5.60 Å². The molecule has 2 aliphatic heterocycles. The molecular weight excluding hydrogens is 440 g/mol. The summed E-state index contributed by atoms with van der Waals surface area (Å²) in [5.41, 5.74) is 0.857. The van der Waals surface area contributed by atoms with Crippen LogP contribution in [0.25, 0.3) is 0 Å². The molecule has 1 saturated heterocycles. The van der Waals surface area contributed by atoms with Crippen LogP contribution in [0.4, 0.5) is 5.69 Å². The highest BCUT2D eigenvalue weighted by molar-refractivity contribution is 9.10. The molecule has 1 amide bonds. The lowest BCUT2D eigenvalue weighted by molar-refractivity contribution is -0.0308. The van der Waals surface area contributed by atoms with Gasteiger partial charge in [-0.15, -0.1) is 0 Å². The highest BCUT2D eigenvalue weighted by Crippen LogP contribution is 2.39. The lowest BCUT2D eigenvalue weighted by Crippen LogP contribution is -2.52. The summed E-state index contributed by atoms with van der Waals surface area (Å²) in [5.74, 6) is 1.21. The summed E-state index contributed by atoms with van der Waals surface area (Å²) in [7, 11) is 1.87. The van der Waals surface area contributed by atoms with Crippen LogP contribution in [0.3, 0.4) is 0 Å². The molecule has 5 rings (SSSR count). The average Bonchev–Trinajstić information content (AvgIpc) is 3.36. The van der Waals surface area contributed by atoms with E-state index in [1.54, 1.807) is 15.9 Å². The first-order chi connectivity index (χ1) is 13.9. The zero-order valence-electron chi connectivity index (χ0n) is 16.2. The number of aliphatic hydroxyl groups is 1. The van der Waals surface area contributed by atoms with Crippen molar-refractivity contribution >= 4 is 33.9 Å². The normalized spacial score (nSPS) is 20.8. The van der Waals surface area contributed by atoms with E-state index in [-0.39, 0.29) is 5.91 Å². The first-order valence-corrected chi connectivity index (χ1v) is 10.7. The second kappa shape index (κ2) is 6.94. The van der Waals surface area contributed by atoms with Crippen LogP contribution in [0.15, 0.2) is 20.2 Å². The molecule has 0 radical (unpaired) electrons. The summed E-state index contributed by atoms with van der Waals surface area (Å²) < 4.78 is 8.24. The summed E-state index contributed by atoms with van der Waals surface area (Å²) >= 11 is 3.49. The SMILES string of the molecule is Cn1nc2c(c1Br)N=CN(CC1(O)CCN(C(=O)c3cnc(C4CC4)o3)CC1)C2. The Hall–Kier alpha value is -2.20. The Balaban J connectivity index is 1.19. The molecule has 1 N–H and O–H groups in total. The van der Waals surface area contributed by atoms with Crippen LogP contribution in [0.1, 0.15) is 53.7 Å².